The molecule has 0 amide bonds. The molecular formula is C18H14FNO3. The second-order valence-corrected chi connectivity index (χ2v) is 5.01. The third-order valence-electron chi connectivity index (χ3n) is 3.27. The van der Waals surface area contributed by atoms with Gasteiger partial charge in [-0.25, -0.2) is 4.39 Å². The molecule has 0 atom stereocenters. The van der Waals surface area contributed by atoms with Gasteiger partial charge in [0, 0.05) is 11.6 Å². The van der Waals surface area contributed by atoms with E-state index >= 15 is 0 Å². The number of benzene rings is 2. The molecule has 1 heterocycles. The maximum atomic E-state index is 12.8. The van der Waals surface area contributed by atoms with Crippen LogP contribution in [0.3, 0.4) is 0 Å². The fourth-order valence-corrected chi connectivity index (χ4v) is 2.10. The summed E-state index contributed by atoms with van der Waals surface area (Å²) < 4.78 is 23.1. The first-order valence-electron chi connectivity index (χ1n) is 7.12. The molecule has 3 rings (SSSR count). The molecular weight excluding hydrogens is 297 g/mol. The maximum Gasteiger partial charge on any atom is 0.310 e. The molecule has 0 N–H and O–H groups in total. The van der Waals surface area contributed by atoms with Crippen LogP contribution in [0.4, 0.5) is 4.39 Å². The average Bonchev–Trinajstić information content (AvgIpc) is 3.05. The zero-order valence-corrected chi connectivity index (χ0v) is 12.2. The summed E-state index contributed by atoms with van der Waals surface area (Å²) in [7, 11) is 0. The minimum absolute atomic E-state index is 0.0138. The SMILES string of the molecule is O=C(Cc1ccc(F)cc1)OCc1cc(-c2ccccc2)no1. The van der Waals surface area contributed by atoms with Gasteiger partial charge in [-0.15, -0.1) is 0 Å². The van der Waals surface area contributed by atoms with Gasteiger partial charge in [-0.05, 0) is 17.7 Å². The van der Waals surface area contributed by atoms with E-state index in [1.807, 2.05) is 30.3 Å². The fourth-order valence-electron chi connectivity index (χ4n) is 2.10. The summed E-state index contributed by atoms with van der Waals surface area (Å²) in [5.74, 6) is -0.275. The standard InChI is InChI=1S/C18H14FNO3/c19-15-8-6-13(7-9-15)10-18(21)22-12-16-11-17(20-23-16)14-4-2-1-3-5-14/h1-9,11H,10,12H2. The topological polar surface area (TPSA) is 52.3 Å². The Morgan fingerprint density at radius 3 is 2.57 bits per heavy atom. The first-order chi connectivity index (χ1) is 11.2. The molecule has 2 aromatic carbocycles. The Kier molecular flexibility index (Phi) is 4.47. The molecule has 0 radical (unpaired) electrons. The van der Waals surface area contributed by atoms with Crippen LogP contribution < -0.4 is 0 Å². The number of esters is 1. The average molecular weight is 311 g/mol. The summed E-state index contributed by atoms with van der Waals surface area (Å²) in [6, 6.07) is 17.0. The summed E-state index contributed by atoms with van der Waals surface area (Å²) in [5, 5.41) is 3.95. The molecule has 0 saturated carbocycles. The first-order valence-corrected chi connectivity index (χ1v) is 7.12. The van der Waals surface area contributed by atoms with Gasteiger partial charge < -0.3 is 9.26 Å². The van der Waals surface area contributed by atoms with Gasteiger partial charge in [0.25, 0.3) is 0 Å². The zero-order chi connectivity index (χ0) is 16.1. The Morgan fingerprint density at radius 2 is 1.83 bits per heavy atom. The molecule has 0 aliphatic heterocycles. The van der Waals surface area contributed by atoms with Gasteiger partial charge >= 0.3 is 5.97 Å². The number of ether oxygens (including phenoxy) is 1. The fraction of sp³-hybridized carbons (Fsp3) is 0.111. The molecule has 0 spiro atoms. The quantitative estimate of drug-likeness (QED) is 0.673. The minimum Gasteiger partial charge on any atom is -0.457 e. The van der Waals surface area contributed by atoms with E-state index < -0.39 is 5.97 Å². The van der Waals surface area contributed by atoms with Crippen LogP contribution in [-0.4, -0.2) is 11.1 Å². The van der Waals surface area contributed by atoms with Crippen molar-refractivity contribution < 1.29 is 18.4 Å². The normalized spacial score (nSPS) is 10.5. The third kappa shape index (κ3) is 4.03. The van der Waals surface area contributed by atoms with Crippen LogP contribution in [0.15, 0.2) is 65.2 Å². The van der Waals surface area contributed by atoms with Crippen LogP contribution in [0.25, 0.3) is 11.3 Å². The highest BCUT2D eigenvalue weighted by Gasteiger charge is 2.10. The van der Waals surface area contributed by atoms with Gasteiger partial charge in [0.1, 0.15) is 11.5 Å². The van der Waals surface area contributed by atoms with Crippen molar-refractivity contribution in [3.05, 3.63) is 77.8 Å². The lowest BCUT2D eigenvalue weighted by Crippen LogP contribution is -2.07. The number of hydrogen-bond donors (Lipinski definition) is 0. The summed E-state index contributed by atoms with van der Waals surface area (Å²) in [4.78, 5) is 11.8. The van der Waals surface area contributed by atoms with Crippen molar-refractivity contribution in [2.75, 3.05) is 0 Å². The molecule has 5 heteroatoms. The van der Waals surface area contributed by atoms with E-state index in [1.54, 1.807) is 18.2 Å². The Morgan fingerprint density at radius 1 is 1.09 bits per heavy atom. The van der Waals surface area contributed by atoms with Gasteiger partial charge in [-0.3, -0.25) is 4.79 Å². The predicted molar refractivity (Wildman–Crippen MR) is 81.8 cm³/mol. The summed E-state index contributed by atoms with van der Waals surface area (Å²) in [5.41, 5.74) is 2.31. The van der Waals surface area contributed by atoms with Crippen molar-refractivity contribution in [3.8, 4) is 11.3 Å². The number of aromatic nitrogens is 1. The molecule has 0 unspecified atom stereocenters. The largest absolute Gasteiger partial charge is 0.457 e. The molecule has 1 aromatic heterocycles. The molecule has 0 aliphatic carbocycles. The summed E-state index contributed by atoms with van der Waals surface area (Å²) in [6.45, 7) is 0.0138. The highest BCUT2D eigenvalue weighted by atomic mass is 19.1. The second kappa shape index (κ2) is 6.87. The highest BCUT2D eigenvalue weighted by molar-refractivity contribution is 5.72. The lowest BCUT2D eigenvalue weighted by molar-refractivity contribution is -0.144. The van der Waals surface area contributed by atoms with Crippen molar-refractivity contribution in [2.45, 2.75) is 13.0 Å². The van der Waals surface area contributed by atoms with E-state index in [0.717, 1.165) is 5.56 Å². The Labute approximate surface area is 132 Å². The zero-order valence-electron chi connectivity index (χ0n) is 12.2. The highest BCUT2D eigenvalue weighted by Crippen LogP contribution is 2.19. The number of carbonyl (C=O) groups excluding carboxylic acids is 1. The van der Waals surface area contributed by atoms with Crippen molar-refractivity contribution in [1.82, 2.24) is 5.16 Å². The van der Waals surface area contributed by atoms with E-state index in [4.69, 9.17) is 9.26 Å². The van der Waals surface area contributed by atoms with Gasteiger partial charge in [0.2, 0.25) is 0 Å². The lowest BCUT2D eigenvalue weighted by atomic mass is 10.1. The summed E-state index contributed by atoms with van der Waals surface area (Å²) in [6.07, 6.45) is 0.0833. The number of hydrogen-bond acceptors (Lipinski definition) is 4. The minimum atomic E-state index is -0.408. The molecule has 0 fully saturated rings. The van der Waals surface area contributed by atoms with Gasteiger partial charge in [-0.1, -0.05) is 47.6 Å². The third-order valence-corrected chi connectivity index (χ3v) is 3.27. The Hall–Kier alpha value is -2.95. The van der Waals surface area contributed by atoms with Gasteiger partial charge in [0.05, 0.1) is 6.42 Å². The smallest absolute Gasteiger partial charge is 0.310 e. The van der Waals surface area contributed by atoms with Crippen molar-refractivity contribution in [1.29, 1.82) is 0 Å². The van der Waals surface area contributed by atoms with E-state index in [-0.39, 0.29) is 18.8 Å². The number of nitrogens with zero attached hydrogens (tertiary/aromatic N) is 1. The van der Waals surface area contributed by atoms with E-state index in [2.05, 4.69) is 5.16 Å². The predicted octanol–water partition coefficient (Wildman–Crippen LogP) is 3.77. The van der Waals surface area contributed by atoms with Crippen LogP contribution >= 0.6 is 0 Å². The molecule has 0 bridgehead atoms. The van der Waals surface area contributed by atoms with Crippen LogP contribution in [0.5, 0.6) is 0 Å². The van der Waals surface area contributed by atoms with E-state index in [1.165, 1.54) is 12.1 Å². The molecule has 3 aromatic rings. The molecule has 4 nitrogen and oxygen atoms in total. The van der Waals surface area contributed by atoms with Crippen LogP contribution in [-0.2, 0) is 22.6 Å². The van der Waals surface area contributed by atoms with Crippen molar-refractivity contribution >= 4 is 5.97 Å². The Bertz CT molecular complexity index is 782. The summed E-state index contributed by atoms with van der Waals surface area (Å²) >= 11 is 0. The van der Waals surface area contributed by atoms with Gasteiger partial charge in [-0.2, -0.15) is 0 Å². The van der Waals surface area contributed by atoms with E-state index in [9.17, 15) is 9.18 Å². The van der Waals surface area contributed by atoms with Crippen LogP contribution in [0, 0.1) is 5.82 Å². The first kappa shape index (κ1) is 15.0. The number of rotatable bonds is 5. The van der Waals surface area contributed by atoms with Crippen molar-refractivity contribution in [2.24, 2.45) is 0 Å². The molecule has 0 aliphatic rings. The van der Waals surface area contributed by atoms with Crippen molar-refractivity contribution in [3.63, 3.8) is 0 Å². The monoisotopic (exact) mass is 311 g/mol. The maximum absolute atomic E-state index is 12.8. The van der Waals surface area contributed by atoms with Gasteiger partial charge in [0.15, 0.2) is 12.4 Å². The van der Waals surface area contributed by atoms with E-state index in [0.29, 0.717) is 17.0 Å². The number of halogens is 1. The number of carbonyl (C=O) groups is 1. The second-order valence-electron chi connectivity index (χ2n) is 5.01. The lowest BCUT2D eigenvalue weighted by Gasteiger charge is -2.02. The van der Waals surface area contributed by atoms with Crippen LogP contribution in [0.1, 0.15) is 11.3 Å². The molecule has 116 valence electrons. The molecule has 0 saturated heterocycles. The molecule has 23 heavy (non-hydrogen) atoms. The Balaban J connectivity index is 1.55. The van der Waals surface area contributed by atoms with Crippen LogP contribution in [0.2, 0.25) is 0 Å².